The van der Waals surface area contributed by atoms with Crippen LogP contribution in [0.4, 0.5) is 8.78 Å². The Morgan fingerprint density at radius 2 is 1.79 bits per heavy atom. The topological polar surface area (TPSA) is 13.1 Å². The van der Waals surface area contributed by atoms with E-state index in [0.717, 1.165) is 12.1 Å². The van der Waals surface area contributed by atoms with E-state index >= 15 is 0 Å². The first-order chi connectivity index (χ1) is 6.70. The van der Waals surface area contributed by atoms with Crippen molar-refractivity contribution in [1.82, 2.24) is 0 Å². The summed E-state index contributed by atoms with van der Waals surface area (Å²) in [5, 5.41) is 0. The summed E-state index contributed by atoms with van der Waals surface area (Å²) in [4.78, 5) is 0. The fourth-order valence-electron chi connectivity index (χ4n) is 1.17. The molecule has 0 saturated carbocycles. The molecular formula is C10H5F2IO. The molecule has 0 aliphatic rings. The fraction of sp³-hybridized carbons (Fsp3) is 0. The molecule has 0 radical (unpaired) electrons. The largest absolute Gasteiger partial charge is 0.464 e. The predicted molar refractivity (Wildman–Crippen MR) is 56.8 cm³/mol. The molecule has 0 atom stereocenters. The Hall–Kier alpha value is -0.910. The van der Waals surface area contributed by atoms with Crippen LogP contribution in [0.25, 0.3) is 11.3 Å². The van der Waals surface area contributed by atoms with Crippen LogP contribution in [-0.2, 0) is 0 Å². The number of benzene rings is 1. The van der Waals surface area contributed by atoms with Crippen molar-refractivity contribution in [2.75, 3.05) is 0 Å². The highest BCUT2D eigenvalue weighted by Crippen LogP contribution is 2.30. The van der Waals surface area contributed by atoms with Gasteiger partial charge in [-0.1, -0.05) is 0 Å². The molecule has 0 bridgehead atoms. The van der Waals surface area contributed by atoms with Crippen molar-refractivity contribution in [3.63, 3.8) is 0 Å². The van der Waals surface area contributed by atoms with Gasteiger partial charge in [-0.05, 0) is 46.9 Å². The maximum atomic E-state index is 13.4. The number of rotatable bonds is 1. The van der Waals surface area contributed by atoms with Crippen molar-refractivity contribution in [2.24, 2.45) is 0 Å². The normalized spacial score (nSPS) is 10.5. The predicted octanol–water partition coefficient (Wildman–Crippen LogP) is 3.83. The number of hydrogen-bond donors (Lipinski definition) is 0. The molecule has 2 rings (SSSR count). The molecule has 1 nitrogen and oxygen atoms in total. The third-order valence-corrected chi connectivity index (χ3v) is 2.87. The van der Waals surface area contributed by atoms with E-state index in [-0.39, 0.29) is 9.13 Å². The first kappa shape index (κ1) is 9.64. The minimum absolute atomic E-state index is 0.176. The van der Waals surface area contributed by atoms with E-state index in [1.54, 1.807) is 34.7 Å². The lowest BCUT2D eigenvalue weighted by Gasteiger charge is -2.03. The van der Waals surface area contributed by atoms with Gasteiger partial charge in [0.05, 0.1) is 15.4 Å². The molecule has 0 fully saturated rings. The van der Waals surface area contributed by atoms with Crippen LogP contribution in [-0.4, -0.2) is 0 Å². The summed E-state index contributed by atoms with van der Waals surface area (Å²) in [7, 11) is 0. The average Bonchev–Trinajstić information content (AvgIpc) is 2.65. The van der Waals surface area contributed by atoms with Crippen LogP contribution >= 0.6 is 22.6 Å². The molecule has 0 unspecified atom stereocenters. The second kappa shape index (κ2) is 3.68. The van der Waals surface area contributed by atoms with Crippen molar-refractivity contribution in [3.8, 4) is 11.3 Å². The van der Waals surface area contributed by atoms with E-state index in [4.69, 9.17) is 4.42 Å². The average molecular weight is 306 g/mol. The van der Waals surface area contributed by atoms with Crippen LogP contribution in [0.5, 0.6) is 0 Å². The zero-order chi connectivity index (χ0) is 10.1. The zero-order valence-electron chi connectivity index (χ0n) is 6.93. The van der Waals surface area contributed by atoms with Crippen LogP contribution in [0.3, 0.4) is 0 Å². The second-order valence-electron chi connectivity index (χ2n) is 2.70. The van der Waals surface area contributed by atoms with Gasteiger partial charge in [0.15, 0.2) is 0 Å². The van der Waals surface area contributed by atoms with Crippen LogP contribution < -0.4 is 0 Å². The molecule has 0 aliphatic heterocycles. The van der Waals surface area contributed by atoms with Crippen LogP contribution in [0.15, 0.2) is 34.9 Å². The lowest BCUT2D eigenvalue weighted by Crippen LogP contribution is -1.91. The van der Waals surface area contributed by atoms with Gasteiger partial charge >= 0.3 is 0 Å². The summed E-state index contributed by atoms with van der Waals surface area (Å²) >= 11 is 1.76. The van der Waals surface area contributed by atoms with Gasteiger partial charge in [-0.15, -0.1) is 0 Å². The van der Waals surface area contributed by atoms with E-state index in [2.05, 4.69) is 0 Å². The quantitative estimate of drug-likeness (QED) is 0.576. The maximum Gasteiger partial charge on any atom is 0.137 e. The van der Waals surface area contributed by atoms with Crippen molar-refractivity contribution >= 4 is 22.6 Å². The Labute approximate surface area is 92.9 Å². The van der Waals surface area contributed by atoms with Gasteiger partial charge in [0.25, 0.3) is 0 Å². The van der Waals surface area contributed by atoms with E-state index in [0.29, 0.717) is 5.76 Å². The molecule has 14 heavy (non-hydrogen) atoms. The van der Waals surface area contributed by atoms with Gasteiger partial charge in [0.2, 0.25) is 0 Å². The molecule has 0 amide bonds. The number of hydrogen-bond acceptors (Lipinski definition) is 1. The van der Waals surface area contributed by atoms with Gasteiger partial charge in [0, 0.05) is 0 Å². The van der Waals surface area contributed by atoms with Gasteiger partial charge in [-0.2, -0.15) is 0 Å². The Balaban J connectivity index is 2.69. The molecule has 0 saturated heterocycles. The molecule has 4 heteroatoms. The van der Waals surface area contributed by atoms with Crippen molar-refractivity contribution < 1.29 is 13.2 Å². The van der Waals surface area contributed by atoms with Crippen LogP contribution in [0.1, 0.15) is 0 Å². The molecule has 72 valence electrons. The lowest BCUT2D eigenvalue weighted by molar-refractivity contribution is 0.560. The van der Waals surface area contributed by atoms with Gasteiger partial charge in [0.1, 0.15) is 17.4 Å². The summed E-state index contributed by atoms with van der Waals surface area (Å²) < 4.78 is 31.8. The third kappa shape index (κ3) is 1.54. The minimum atomic E-state index is -0.481. The highest BCUT2D eigenvalue weighted by Gasteiger charge is 2.15. The molecule has 1 aromatic carbocycles. The Bertz CT molecular complexity index is 451. The minimum Gasteiger partial charge on any atom is -0.464 e. The Morgan fingerprint density at radius 1 is 1.07 bits per heavy atom. The van der Waals surface area contributed by atoms with Crippen molar-refractivity contribution in [2.45, 2.75) is 0 Å². The summed E-state index contributed by atoms with van der Waals surface area (Å²) in [5.74, 6) is -0.587. The SMILES string of the molecule is Fc1ccc(F)c(-c2ccco2)c1I. The Morgan fingerprint density at radius 3 is 2.43 bits per heavy atom. The highest BCUT2D eigenvalue weighted by molar-refractivity contribution is 14.1. The smallest absolute Gasteiger partial charge is 0.137 e. The monoisotopic (exact) mass is 306 g/mol. The molecule has 0 aliphatic carbocycles. The maximum absolute atomic E-state index is 13.4. The number of halogens is 3. The molecule has 0 N–H and O–H groups in total. The summed E-state index contributed by atoms with van der Waals surface area (Å²) in [5.41, 5.74) is 0.176. The van der Waals surface area contributed by atoms with E-state index in [1.807, 2.05) is 0 Å². The summed E-state index contributed by atoms with van der Waals surface area (Å²) in [6.45, 7) is 0. The van der Waals surface area contributed by atoms with Gasteiger partial charge in [-0.25, -0.2) is 8.78 Å². The van der Waals surface area contributed by atoms with Crippen molar-refractivity contribution in [1.29, 1.82) is 0 Å². The second-order valence-corrected chi connectivity index (χ2v) is 3.77. The molecular weight excluding hydrogens is 301 g/mol. The highest BCUT2D eigenvalue weighted by atomic mass is 127. The zero-order valence-corrected chi connectivity index (χ0v) is 9.09. The van der Waals surface area contributed by atoms with E-state index in [9.17, 15) is 8.78 Å². The Kier molecular flexibility index (Phi) is 2.54. The standard InChI is InChI=1S/C10H5F2IO/c11-6-3-4-7(12)10(13)9(6)8-2-1-5-14-8/h1-5H. The fourth-order valence-corrected chi connectivity index (χ4v) is 1.88. The lowest BCUT2D eigenvalue weighted by atomic mass is 10.1. The van der Waals surface area contributed by atoms with Crippen LogP contribution in [0.2, 0.25) is 0 Å². The molecule has 1 heterocycles. The van der Waals surface area contributed by atoms with E-state index < -0.39 is 11.6 Å². The molecule has 2 aromatic rings. The first-order valence-corrected chi connectivity index (χ1v) is 4.95. The summed E-state index contributed by atoms with van der Waals surface area (Å²) in [6, 6.07) is 5.43. The summed E-state index contributed by atoms with van der Waals surface area (Å²) in [6.07, 6.45) is 1.43. The van der Waals surface area contributed by atoms with Crippen molar-refractivity contribution in [3.05, 3.63) is 45.7 Å². The molecule has 0 spiro atoms. The van der Waals surface area contributed by atoms with Crippen LogP contribution in [0, 0.1) is 15.2 Å². The molecule has 1 aromatic heterocycles. The third-order valence-electron chi connectivity index (χ3n) is 1.81. The first-order valence-electron chi connectivity index (χ1n) is 3.87. The van der Waals surface area contributed by atoms with Gasteiger partial charge in [-0.3, -0.25) is 0 Å². The van der Waals surface area contributed by atoms with E-state index in [1.165, 1.54) is 6.26 Å². The number of furan rings is 1. The van der Waals surface area contributed by atoms with Gasteiger partial charge < -0.3 is 4.42 Å².